The van der Waals surface area contributed by atoms with Crippen LogP contribution in [0.5, 0.6) is 0 Å². The van der Waals surface area contributed by atoms with Crippen molar-refractivity contribution in [3.63, 3.8) is 0 Å². The van der Waals surface area contributed by atoms with E-state index in [0.717, 1.165) is 5.56 Å². The molecule has 2 aromatic carbocycles. The number of hydrogen-bond donors (Lipinski definition) is 0. The highest BCUT2D eigenvalue weighted by Crippen LogP contribution is 2.20. The van der Waals surface area contributed by atoms with Gasteiger partial charge in [-0.2, -0.15) is 0 Å². The molecule has 2 rings (SSSR count). The van der Waals surface area contributed by atoms with Gasteiger partial charge in [-0.1, -0.05) is 30.3 Å². The minimum atomic E-state index is -3.40. The van der Waals surface area contributed by atoms with Crippen LogP contribution >= 0.6 is 0 Å². The van der Waals surface area contributed by atoms with Crippen LogP contribution < -0.4 is 4.31 Å². The molecule has 2 aromatic rings. The molecule has 0 aromatic heterocycles. The first-order valence-electron chi connectivity index (χ1n) is 7.12. The fraction of sp³-hybridized carbons (Fsp3) is 0.235. The molecule has 1 amide bonds. The largest absolute Gasteiger partial charge is 0.345 e. The minimum Gasteiger partial charge on any atom is -0.345 e. The Labute approximate surface area is 137 Å². The highest BCUT2D eigenvalue weighted by atomic mass is 32.2. The molecule has 5 nitrogen and oxygen atoms in total. The average molecular weight is 332 g/mol. The average Bonchev–Trinajstić information content (AvgIpc) is 2.52. The standard InChI is InChI=1S/C17H20N2O3S/c1-18(2)17(20)15-11-9-14(10-12-15)13-19(23(3,21)22)16-7-5-4-6-8-16/h4-12H,13H2,1-3H3. The predicted molar refractivity (Wildman–Crippen MR) is 91.9 cm³/mol. The zero-order valence-corrected chi connectivity index (χ0v) is 14.2. The van der Waals surface area contributed by atoms with Gasteiger partial charge in [-0.3, -0.25) is 9.10 Å². The van der Waals surface area contributed by atoms with Gasteiger partial charge < -0.3 is 4.90 Å². The molecular weight excluding hydrogens is 312 g/mol. The van der Waals surface area contributed by atoms with E-state index in [9.17, 15) is 13.2 Å². The second kappa shape index (κ2) is 6.83. The maximum Gasteiger partial charge on any atom is 0.253 e. The van der Waals surface area contributed by atoms with E-state index >= 15 is 0 Å². The predicted octanol–water partition coefficient (Wildman–Crippen LogP) is 2.35. The minimum absolute atomic E-state index is 0.0837. The SMILES string of the molecule is CN(C)C(=O)c1ccc(CN(c2ccccc2)S(C)(=O)=O)cc1. The van der Waals surface area contributed by atoms with Crippen molar-refractivity contribution in [2.24, 2.45) is 0 Å². The summed E-state index contributed by atoms with van der Waals surface area (Å²) in [5.41, 5.74) is 2.00. The number of anilines is 1. The van der Waals surface area contributed by atoms with Crippen LogP contribution in [0.4, 0.5) is 5.69 Å². The van der Waals surface area contributed by atoms with Gasteiger partial charge in [0, 0.05) is 19.7 Å². The Morgan fingerprint density at radius 1 is 0.957 bits per heavy atom. The Kier molecular flexibility index (Phi) is 5.05. The molecule has 0 fully saturated rings. The lowest BCUT2D eigenvalue weighted by Gasteiger charge is -2.22. The molecule has 0 radical (unpaired) electrons. The number of hydrogen-bond acceptors (Lipinski definition) is 3. The van der Waals surface area contributed by atoms with E-state index in [1.807, 2.05) is 6.07 Å². The first kappa shape index (κ1) is 17.0. The Balaban J connectivity index is 2.26. The summed E-state index contributed by atoms with van der Waals surface area (Å²) in [6.45, 7) is 0.222. The number of benzene rings is 2. The van der Waals surface area contributed by atoms with Gasteiger partial charge in [0.05, 0.1) is 18.5 Å². The molecule has 6 heteroatoms. The van der Waals surface area contributed by atoms with Crippen LogP contribution in [0.3, 0.4) is 0 Å². The second-order valence-corrected chi connectivity index (χ2v) is 7.41. The molecular formula is C17H20N2O3S. The lowest BCUT2D eigenvalue weighted by molar-refractivity contribution is 0.0827. The molecule has 0 N–H and O–H groups in total. The van der Waals surface area contributed by atoms with E-state index in [2.05, 4.69) is 0 Å². The third-order valence-electron chi connectivity index (χ3n) is 3.38. The molecule has 0 saturated carbocycles. The van der Waals surface area contributed by atoms with Crippen LogP contribution in [0.2, 0.25) is 0 Å². The molecule has 0 aliphatic heterocycles. The van der Waals surface area contributed by atoms with Gasteiger partial charge in [0.15, 0.2) is 0 Å². The topological polar surface area (TPSA) is 57.7 Å². The van der Waals surface area contributed by atoms with E-state index in [1.54, 1.807) is 62.6 Å². The number of sulfonamides is 1. The smallest absolute Gasteiger partial charge is 0.253 e. The van der Waals surface area contributed by atoms with Crippen LogP contribution in [0.1, 0.15) is 15.9 Å². The van der Waals surface area contributed by atoms with Crippen LogP contribution in [-0.4, -0.2) is 39.6 Å². The van der Waals surface area contributed by atoms with Gasteiger partial charge in [-0.15, -0.1) is 0 Å². The quantitative estimate of drug-likeness (QED) is 0.844. The summed E-state index contributed by atoms with van der Waals surface area (Å²) in [5, 5.41) is 0. The Hall–Kier alpha value is -2.34. The lowest BCUT2D eigenvalue weighted by Crippen LogP contribution is -2.29. The molecule has 0 aliphatic carbocycles. The monoisotopic (exact) mass is 332 g/mol. The van der Waals surface area contributed by atoms with E-state index in [1.165, 1.54) is 15.5 Å². The summed E-state index contributed by atoms with van der Waals surface area (Å²) in [4.78, 5) is 13.4. The van der Waals surface area contributed by atoms with Crippen LogP contribution in [0, 0.1) is 0 Å². The zero-order chi connectivity index (χ0) is 17.0. The Morgan fingerprint density at radius 3 is 2.00 bits per heavy atom. The summed E-state index contributed by atoms with van der Waals surface area (Å²) >= 11 is 0. The van der Waals surface area contributed by atoms with Crippen molar-refractivity contribution in [3.8, 4) is 0 Å². The number of para-hydroxylation sites is 1. The van der Waals surface area contributed by atoms with Gasteiger partial charge in [0.1, 0.15) is 0 Å². The van der Waals surface area contributed by atoms with Crippen LogP contribution in [-0.2, 0) is 16.6 Å². The first-order chi connectivity index (χ1) is 10.8. The first-order valence-corrected chi connectivity index (χ1v) is 8.97. The zero-order valence-electron chi connectivity index (χ0n) is 13.4. The number of amides is 1. The fourth-order valence-corrected chi connectivity index (χ4v) is 3.06. The molecule has 122 valence electrons. The Bertz CT molecular complexity index is 769. The molecule has 0 spiro atoms. The van der Waals surface area contributed by atoms with Gasteiger partial charge in [0.2, 0.25) is 10.0 Å². The molecule has 0 aliphatic rings. The van der Waals surface area contributed by atoms with Gasteiger partial charge in [-0.25, -0.2) is 8.42 Å². The van der Waals surface area contributed by atoms with Gasteiger partial charge in [0.25, 0.3) is 5.91 Å². The highest BCUT2D eigenvalue weighted by Gasteiger charge is 2.17. The van der Waals surface area contributed by atoms with Crippen molar-refractivity contribution in [2.75, 3.05) is 24.7 Å². The van der Waals surface area contributed by atoms with Crippen molar-refractivity contribution in [1.29, 1.82) is 0 Å². The third kappa shape index (κ3) is 4.32. The van der Waals surface area contributed by atoms with Crippen molar-refractivity contribution in [3.05, 3.63) is 65.7 Å². The third-order valence-corrected chi connectivity index (χ3v) is 4.52. The van der Waals surface area contributed by atoms with Gasteiger partial charge in [-0.05, 0) is 29.8 Å². The van der Waals surface area contributed by atoms with Crippen LogP contribution in [0.25, 0.3) is 0 Å². The van der Waals surface area contributed by atoms with Crippen molar-refractivity contribution in [1.82, 2.24) is 4.90 Å². The molecule has 0 atom stereocenters. The van der Waals surface area contributed by atoms with Crippen molar-refractivity contribution >= 4 is 21.6 Å². The molecule has 23 heavy (non-hydrogen) atoms. The number of carbonyl (C=O) groups is 1. The lowest BCUT2D eigenvalue weighted by atomic mass is 10.1. The van der Waals surface area contributed by atoms with Crippen molar-refractivity contribution < 1.29 is 13.2 Å². The molecule has 0 saturated heterocycles. The number of rotatable bonds is 5. The van der Waals surface area contributed by atoms with E-state index in [-0.39, 0.29) is 12.5 Å². The molecule has 0 bridgehead atoms. The summed E-state index contributed by atoms with van der Waals surface area (Å²) in [7, 11) is -0.0149. The normalized spacial score (nSPS) is 11.1. The summed E-state index contributed by atoms with van der Waals surface area (Å²) in [6.07, 6.45) is 1.18. The van der Waals surface area contributed by atoms with Crippen molar-refractivity contribution in [2.45, 2.75) is 6.54 Å². The van der Waals surface area contributed by atoms with E-state index in [0.29, 0.717) is 11.3 Å². The van der Waals surface area contributed by atoms with Gasteiger partial charge >= 0.3 is 0 Å². The van der Waals surface area contributed by atoms with E-state index < -0.39 is 10.0 Å². The summed E-state index contributed by atoms with van der Waals surface area (Å²) in [6, 6.07) is 15.9. The number of nitrogens with zero attached hydrogens (tertiary/aromatic N) is 2. The van der Waals surface area contributed by atoms with E-state index in [4.69, 9.17) is 0 Å². The fourth-order valence-electron chi connectivity index (χ4n) is 2.17. The summed E-state index contributed by atoms with van der Waals surface area (Å²) in [5.74, 6) is -0.0837. The molecule has 0 unspecified atom stereocenters. The summed E-state index contributed by atoms with van der Waals surface area (Å²) < 4.78 is 25.5. The highest BCUT2D eigenvalue weighted by molar-refractivity contribution is 7.92. The maximum atomic E-state index is 12.1. The van der Waals surface area contributed by atoms with Crippen LogP contribution in [0.15, 0.2) is 54.6 Å². The second-order valence-electron chi connectivity index (χ2n) is 5.50. The Morgan fingerprint density at radius 2 is 1.52 bits per heavy atom. The maximum absolute atomic E-state index is 12.1. The molecule has 0 heterocycles. The number of carbonyl (C=O) groups excluding carboxylic acids is 1.